The molecule has 4 fully saturated rings. The van der Waals surface area contributed by atoms with E-state index in [4.69, 9.17) is 48.0 Å². The van der Waals surface area contributed by atoms with E-state index in [1.165, 1.54) is 11.3 Å². The van der Waals surface area contributed by atoms with Crippen LogP contribution >= 0.6 is 11.3 Å². The molecule has 0 atom stereocenters. The number of ether oxygens (including phenoxy) is 8. The number of hydrogen-bond acceptors (Lipinski definition) is 20. The van der Waals surface area contributed by atoms with Crippen LogP contribution in [0.3, 0.4) is 0 Å². The first-order valence-corrected chi connectivity index (χ1v) is 30.2. The van der Waals surface area contributed by atoms with E-state index in [0.29, 0.717) is 146 Å². The van der Waals surface area contributed by atoms with E-state index in [-0.39, 0.29) is 97.7 Å². The Morgan fingerprint density at radius 2 is 0.988 bits per heavy atom. The maximum absolute atomic E-state index is 13.9. The summed E-state index contributed by atoms with van der Waals surface area (Å²) in [6.45, 7) is 10.3. The van der Waals surface area contributed by atoms with E-state index < -0.39 is 35.7 Å². The number of carbonyl (C=O) groups is 8. The van der Waals surface area contributed by atoms with E-state index in [2.05, 4.69) is 20.1 Å². The average Bonchev–Trinajstić information content (AvgIpc) is 4.00. The van der Waals surface area contributed by atoms with Gasteiger partial charge >= 0.3 is 47.8 Å². The second-order valence-corrected chi connectivity index (χ2v) is 22.6. The van der Waals surface area contributed by atoms with Gasteiger partial charge in [-0.25, -0.2) is 19.6 Å². The van der Waals surface area contributed by atoms with Crippen molar-refractivity contribution in [1.29, 1.82) is 0 Å². The molecular formula is C62H79N3O16S. The second kappa shape index (κ2) is 32.6. The highest BCUT2D eigenvalue weighted by Crippen LogP contribution is 2.37. The zero-order valence-electron chi connectivity index (χ0n) is 47.2. The lowest BCUT2D eigenvalue weighted by atomic mass is 9.82. The Bertz CT molecular complexity index is 2660. The van der Waals surface area contributed by atoms with Crippen LogP contribution in [0.2, 0.25) is 0 Å². The Balaban J connectivity index is 0.886. The predicted molar refractivity (Wildman–Crippen MR) is 304 cm³/mol. The molecule has 0 unspecified atom stereocenters. The first-order chi connectivity index (χ1) is 39.8. The minimum atomic E-state index is -0.487. The Morgan fingerprint density at radius 3 is 1.46 bits per heavy atom. The van der Waals surface area contributed by atoms with Crippen LogP contribution in [-0.2, 0) is 66.8 Å². The number of rotatable bonds is 28. The fraction of sp³-hybridized carbons (Fsp3) is 0.581. The summed E-state index contributed by atoms with van der Waals surface area (Å²) in [5, 5.41) is 7.39. The summed E-state index contributed by atoms with van der Waals surface area (Å²) >= 11 is 1.51. The molecule has 0 amide bonds. The van der Waals surface area contributed by atoms with Crippen molar-refractivity contribution in [1.82, 2.24) is 4.98 Å². The molecule has 1 heterocycles. The van der Waals surface area contributed by atoms with Crippen molar-refractivity contribution >= 4 is 80.7 Å². The van der Waals surface area contributed by atoms with Crippen molar-refractivity contribution in [2.24, 2.45) is 40.6 Å². The number of carbonyl (C=O) groups excluding carboxylic acids is 8. The zero-order valence-corrected chi connectivity index (χ0v) is 48.0. The summed E-state index contributed by atoms with van der Waals surface area (Å²) in [5.41, 5.74) is 1.26. The number of hydrogen-bond donors (Lipinski definition) is 0. The number of unbranched alkanes of at least 4 members (excludes halogenated alkanes) is 3. The molecule has 0 bridgehead atoms. The van der Waals surface area contributed by atoms with Crippen molar-refractivity contribution in [3.8, 4) is 11.5 Å². The standard InChI is InChI=1S/C62H79N3O16S/c1-4-7-34-65(62-64-51-14-8-9-15-53(51)82-62)63-40-47-39-50(80-60(72)45-18-16-43(17-19-45)58(70)78-48-28-24-41(25-29-48)56(68)76-37-12-10-35-74-54(66)5-2)32-33-52(47)81-61(73)46-22-20-44(21-23-46)59(71)79-49-30-26-42(27-31-49)57(69)77-38-13-11-36-75-55(67)6-3/h5-6,8-9,14-15,32-33,39-46,48-49H,2-4,7,10-13,16-31,34-38H2,1H3/b63-40+. The largest absolute Gasteiger partial charge is 0.465 e. The van der Waals surface area contributed by atoms with Crippen molar-refractivity contribution in [2.45, 2.75) is 160 Å². The monoisotopic (exact) mass is 1150 g/mol. The number of para-hydroxylation sites is 1. The fourth-order valence-electron chi connectivity index (χ4n) is 10.7. The molecule has 0 radical (unpaired) electrons. The molecule has 4 aliphatic rings. The molecule has 19 nitrogen and oxygen atoms in total. The lowest BCUT2D eigenvalue weighted by Gasteiger charge is -2.30. The third kappa shape index (κ3) is 19.3. The van der Waals surface area contributed by atoms with Crippen LogP contribution in [0.25, 0.3) is 10.2 Å². The highest BCUT2D eigenvalue weighted by Gasteiger charge is 2.37. The van der Waals surface area contributed by atoms with E-state index >= 15 is 0 Å². The van der Waals surface area contributed by atoms with Gasteiger partial charge in [0.05, 0.1) is 78.4 Å². The minimum Gasteiger partial charge on any atom is -0.465 e. The molecule has 20 heteroatoms. The predicted octanol–water partition coefficient (Wildman–Crippen LogP) is 10.7. The molecule has 4 saturated carbocycles. The van der Waals surface area contributed by atoms with Crippen LogP contribution in [0.5, 0.6) is 11.5 Å². The van der Waals surface area contributed by atoms with Gasteiger partial charge in [-0.3, -0.25) is 28.8 Å². The van der Waals surface area contributed by atoms with Crippen LogP contribution in [0.1, 0.15) is 154 Å². The summed E-state index contributed by atoms with van der Waals surface area (Å²) in [5.74, 6) is -4.65. The number of fused-ring (bicyclic) bond motifs is 1. The highest BCUT2D eigenvalue weighted by atomic mass is 32.1. The molecule has 1 aromatic heterocycles. The molecule has 0 spiro atoms. The van der Waals surface area contributed by atoms with E-state index in [1.807, 2.05) is 29.3 Å². The highest BCUT2D eigenvalue weighted by molar-refractivity contribution is 7.22. The Labute approximate surface area is 483 Å². The van der Waals surface area contributed by atoms with Gasteiger partial charge in [-0.15, -0.1) is 0 Å². The van der Waals surface area contributed by atoms with Crippen molar-refractivity contribution in [2.75, 3.05) is 38.0 Å². The van der Waals surface area contributed by atoms with Gasteiger partial charge in [0.1, 0.15) is 23.7 Å². The Morgan fingerprint density at radius 1 is 0.549 bits per heavy atom. The van der Waals surface area contributed by atoms with Gasteiger partial charge in [-0.05, 0) is 165 Å². The maximum atomic E-state index is 13.9. The first kappa shape index (κ1) is 62.6. The molecule has 0 aliphatic heterocycles. The quantitative estimate of drug-likeness (QED) is 0.0125. The summed E-state index contributed by atoms with van der Waals surface area (Å²) in [6.07, 6.45) is 15.3. The van der Waals surface area contributed by atoms with Gasteiger partial charge in [0.25, 0.3) is 0 Å². The molecule has 2 aromatic carbocycles. The topological polar surface area (TPSA) is 239 Å². The summed E-state index contributed by atoms with van der Waals surface area (Å²) in [4.78, 5) is 107. The van der Waals surface area contributed by atoms with Gasteiger partial charge in [0.15, 0.2) is 0 Å². The number of nitrogens with zero attached hydrogens (tertiary/aromatic N) is 3. The molecule has 3 aromatic rings. The van der Waals surface area contributed by atoms with Crippen LogP contribution in [0, 0.1) is 35.5 Å². The smallest absolute Gasteiger partial charge is 0.330 e. The van der Waals surface area contributed by atoms with Crippen LogP contribution in [0.15, 0.2) is 72.9 Å². The van der Waals surface area contributed by atoms with Gasteiger partial charge in [0.2, 0.25) is 5.13 Å². The average molecular weight is 1150 g/mol. The van der Waals surface area contributed by atoms with Crippen molar-refractivity contribution < 1.29 is 76.3 Å². The lowest BCUT2D eigenvalue weighted by Crippen LogP contribution is -2.33. The number of aromatic nitrogens is 1. The van der Waals surface area contributed by atoms with Gasteiger partial charge in [-0.2, -0.15) is 5.10 Å². The van der Waals surface area contributed by atoms with Crippen LogP contribution in [-0.4, -0.2) is 104 Å². The number of thiazole rings is 1. The number of esters is 8. The van der Waals surface area contributed by atoms with Gasteiger partial charge in [-0.1, -0.05) is 50.0 Å². The normalized spacial score (nSPS) is 22.6. The van der Waals surface area contributed by atoms with Gasteiger partial charge in [0, 0.05) is 24.3 Å². The zero-order chi connectivity index (χ0) is 58.2. The minimum absolute atomic E-state index is 0.228. The molecule has 444 valence electrons. The number of hydrazone groups is 1. The molecule has 0 saturated heterocycles. The lowest BCUT2D eigenvalue weighted by molar-refractivity contribution is -0.161. The summed E-state index contributed by atoms with van der Waals surface area (Å²) < 4.78 is 45.7. The number of anilines is 1. The number of benzene rings is 2. The fourth-order valence-corrected chi connectivity index (χ4v) is 11.7. The maximum Gasteiger partial charge on any atom is 0.330 e. The third-order valence-corrected chi connectivity index (χ3v) is 16.8. The molecule has 7 rings (SSSR count). The van der Waals surface area contributed by atoms with Crippen molar-refractivity contribution in [3.63, 3.8) is 0 Å². The Kier molecular flexibility index (Phi) is 24.9. The van der Waals surface area contributed by atoms with E-state index in [0.717, 1.165) is 35.2 Å². The summed E-state index contributed by atoms with van der Waals surface area (Å²) in [6, 6.07) is 12.7. The molecule has 4 aliphatic carbocycles. The molecule has 0 N–H and O–H groups in total. The molecule has 82 heavy (non-hydrogen) atoms. The van der Waals surface area contributed by atoms with E-state index in [9.17, 15) is 38.4 Å². The third-order valence-electron chi connectivity index (χ3n) is 15.7. The van der Waals surface area contributed by atoms with E-state index in [1.54, 1.807) is 24.4 Å². The second-order valence-electron chi connectivity index (χ2n) is 21.6. The van der Waals surface area contributed by atoms with Gasteiger partial charge < -0.3 is 37.9 Å². The Hall–Kier alpha value is -6.96. The molecular weight excluding hydrogens is 1070 g/mol. The van der Waals surface area contributed by atoms with Crippen molar-refractivity contribution in [3.05, 3.63) is 73.3 Å². The summed E-state index contributed by atoms with van der Waals surface area (Å²) in [7, 11) is 0. The SMILES string of the molecule is C=CC(=O)OCCCCOC(=O)C1CCC(OC(=O)C2CCC(C(=O)Oc3ccc(OC(=O)C4CCC(C(=O)OC5CCC(C(=O)OCCCCOC(=O)C=C)CC5)CC4)c(/C=N/N(CCCC)c4nc5ccccc5s4)c3)CC2)CC1. The van der Waals surface area contributed by atoms with Crippen LogP contribution in [0.4, 0.5) is 5.13 Å². The van der Waals surface area contributed by atoms with Crippen LogP contribution < -0.4 is 14.5 Å². The first-order valence-electron chi connectivity index (χ1n) is 29.4.